The molecule has 1 aliphatic carbocycles. The molecule has 1 aromatic carbocycles. The second-order valence-electron chi connectivity index (χ2n) is 5.08. The van der Waals surface area contributed by atoms with E-state index < -0.39 is 0 Å². The van der Waals surface area contributed by atoms with Gasteiger partial charge in [-0.3, -0.25) is 5.01 Å². The Hall–Kier alpha value is -1.58. The summed E-state index contributed by atoms with van der Waals surface area (Å²) in [7, 11) is 0. The van der Waals surface area contributed by atoms with Gasteiger partial charge in [0.15, 0.2) is 0 Å². The zero-order valence-electron chi connectivity index (χ0n) is 11.2. The summed E-state index contributed by atoms with van der Waals surface area (Å²) in [5.41, 5.74) is 6.83. The third-order valence-corrected chi connectivity index (χ3v) is 3.88. The number of hydrogen-bond donors (Lipinski definition) is 1. The summed E-state index contributed by atoms with van der Waals surface area (Å²) in [6.07, 6.45) is 6.64. The molecule has 1 unspecified atom stereocenters. The quantitative estimate of drug-likeness (QED) is 0.867. The van der Waals surface area contributed by atoms with Gasteiger partial charge in [0.1, 0.15) is 5.83 Å². The van der Waals surface area contributed by atoms with Gasteiger partial charge >= 0.3 is 0 Å². The third-order valence-electron chi connectivity index (χ3n) is 3.63. The Balaban J connectivity index is 1.85. The number of benzene rings is 1. The molecule has 1 aliphatic heterocycles. The molecule has 0 spiro atoms. The minimum Gasteiger partial charge on any atom is -0.287 e. The first kappa shape index (κ1) is 13.4. The highest BCUT2D eigenvalue weighted by Gasteiger charge is 2.23. The lowest BCUT2D eigenvalue weighted by Crippen LogP contribution is -2.33. The molecule has 1 heterocycles. The van der Waals surface area contributed by atoms with Crippen molar-refractivity contribution in [2.24, 2.45) is 0 Å². The van der Waals surface area contributed by atoms with Gasteiger partial charge in [0.2, 0.25) is 0 Å². The summed E-state index contributed by atoms with van der Waals surface area (Å²) >= 11 is 5.92. The van der Waals surface area contributed by atoms with Crippen LogP contribution in [0.2, 0.25) is 5.02 Å². The Bertz CT molecular complexity index is 601. The molecule has 0 fully saturated rings. The van der Waals surface area contributed by atoms with Gasteiger partial charge < -0.3 is 0 Å². The monoisotopic (exact) mass is 290 g/mol. The predicted molar refractivity (Wildman–Crippen MR) is 80.4 cm³/mol. The molecule has 3 rings (SSSR count). The zero-order chi connectivity index (χ0) is 14.1. The fraction of sp³-hybridized carbons (Fsp3) is 0.250. The van der Waals surface area contributed by atoms with Crippen molar-refractivity contribution < 1.29 is 4.39 Å². The molecule has 4 heteroatoms. The van der Waals surface area contributed by atoms with E-state index in [0.29, 0.717) is 12.8 Å². The standard InChI is InChI=1S/C16H16ClFN2/c1-11-16(12-2-4-13(17)5-3-12)10-20(19-11)15-8-6-14(18)7-9-15/h2-6,8,10-11,19H,7,9H2,1H3. The molecule has 2 aliphatic rings. The molecular weight excluding hydrogens is 275 g/mol. The number of allylic oxidation sites excluding steroid dienone is 4. The highest BCUT2D eigenvalue weighted by Crippen LogP contribution is 2.29. The Morgan fingerprint density at radius 3 is 2.60 bits per heavy atom. The van der Waals surface area contributed by atoms with Crippen LogP contribution in [0.1, 0.15) is 25.3 Å². The molecule has 2 nitrogen and oxygen atoms in total. The van der Waals surface area contributed by atoms with Crippen molar-refractivity contribution in [3.63, 3.8) is 0 Å². The molecule has 1 atom stereocenters. The zero-order valence-corrected chi connectivity index (χ0v) is 12.0. The van der Waals surface area contributed by atoms with Crippen LogP contribution >= 0.6 is 11.6 Å². The Kier molecular flexibility index (Phi) is 3.64. The fourth-order valence-corrected chi connectivity index (χ4v) is 2.63. The Morgan fingerprint density at radius 2 is 1.95 bits per heavy atom. The van der Waals surface area contributed by atoms with Crippen LogP contribution in [0.5, 0.6) is 0 Å². The first-order valence-electron chi connectivity index (χ1n) is 6.72. The highest BCUT2D eigenvalue weighted by molar-refractivity contribution is 6.30. The van der Waals surface area contributed by atoms with Crippen LogP contribution in [-0.4, -0.2) is 11.1 Å². The van der Waals surface area contributed by atoms with Crippen LogP contribution in [-0.2, 0) is 0 Å². The summed E-state index contributed by atoms with van der Waals surface area (Å²) in [6, 6.07) is 8.04. The molecule has 0 saturated carbocycles. The molecule has 0 amide bonds. The van der Waals surface area contributed by atoms with Crippen LogP contribution < -0.4 is 5.43 Å². The van der Waals surface area contributed by atoms with Crippen LogP contribution in [0.4, 0.5) is 4.39 Å². The van der Waals surface area contributed by atoms with Gasteiger partial charge in [-0.25, -0.2) is 9.82 Å². The van der Waals surface area contributed by atoms with Crippen LogP contribution in [0, 0.1) is 0 Å². The average molecular weight is 291 g/mol. The summed E-state index contributed by atoms with van der Waals surface area (Å²) in [5, 5.41) is 2.73. The van der Waals surface area contributed by atoms with E-state index in [-0.39, 0.29) is 11.9 Å². The van der Waals surface area contributed by atoms with Crippen LogP contribution in [0.3, 0.4) is 0 Å². The summed E-state index contributed by atoms with van der Waals surface area (Å²) in [5.74, 6) is -0.0529. The first-order chi connectivity index (χ1) is 9.63. The minimum atomic E-state index is -0.0529. The minimum absolute atomic E-state index is 0.0529. The second kappa shape index (κ2) is 5.43. The van der Waals surface area contributed by atoms with Crippen molar-refractivity contribution in [1.29, 1.82) is 0 Å². The topological polar surface area (TPSA) is 15.3 Å². The van der Waals surface area contributed by atoms with E-state index in [1.54, 1.807) is 6.08 Å². The number of hydrazine groups is 1. The molecule has 0 radical (unpaired) electrons. The number of nitrogens with zero attached hydrogens (tertiary/aromatic N) is 1. The molecule has 1 aromatic rings. The smallest absolute Gasteiger partial charge is 0.100 e. The van der Waals surface area contributed by atoms with E-state index in [1.165, 1.54) is 5.57 Å². The fourth-order valence-electron chi connectivity index (χ4n) is 2.50. The highest BCUT2D eigenvalue weighted by atomic mass is 35.5. The molecule has 0 aromatic heterocycles. The van der Waals surface area contributed by atoms with E-state index in [0.717, 1.165) is 16.3 Å². The van der Waals surface area contributed by atoms with Gasteiger partial charge in [-0.2, -0.15) is 0 Å². The van der Waals surface area contributed by atoms with Crippen LogP contribution in [0.25, 0.3) is 5.57 Å². The van der Waals surface area contributed by atoms with Crippen molar-refractivity contribution in [1.82, 2.24) is 10.4 Å². The summed E-state index contributed by atoms with van der Waals surface area (Å²) < 4.78 is 13.0. The number of hydrogen-bond acceptors (Lipinski definition) is 2. The van der Waals surface area contributed by atoms with Gasteiger partial charge in [-0.15, -0.1) is 0 Å². The summed E-state index contributed by atoms with van der Waals surface area (Å²) in [6.45, 7) is 2.11. The Morgan fingerprint density at radius 1 is 1.20 bits per heavy atom. The predicted octanol–water partition coefficient (Wildman–Crippen LogP) is 4.42. The van der Waals surface area contributed by atoms with E-state index >= 15 is 0 Å². The van der Waals surface area contributed by atoms with Crippen molar-refractivity contribution in [2.75, 3.05) is 0 Å². The second-order valence-corrected chi connectivity index (χ2v) is 5.52. The SMILES string of the molecule is CC1NN(C2=CC=C(F)CC2)C=C1c1ccc(Cl)cc1. The van der Waals surface area contributed by atoms with Crippen LogP contribution in [0.15, 0.2) is 54.1 Å². The molecule has 1 N–H and O–H groups in total. The van der Waals surface area contributed by atoms with E-state index in [4.69, 9.17) is 11.6 Å². The van der Waals surface area contributed by atoms with Gasteiger partial charge in [0.05, 0.1) is 6.04 Å². The van der Waals surface area contributed by atoms with E-state index in [1.807, 2.05) is 35.4 Å². The largest absolute Gasteiger partial charge is 0.287 e. The van der Waals surface area contributed by atoms with Crippen molar-refractivity contribution in [2.45, 2.75) is 25.8 Å². The maximum Gasteiger partial charge on any atom is 0.100 e. The maximum atomic E-state index is 13.0. The first-order valence-corrected chi connectivity index (χ1v) is 7.09. The maximum absolute atomic E-state index is 13.0. The number of halogens is 2. The normalized spacial score (nSPS) is 22.4. The molecular formula is C16H16ClFN2. The van der Waals surface area contributed by atoms with E-state index in [2.05, 4.69) is 18.5 Å². The molecule has 0 saturated heterocycles. The molecule has 104 valence electrons. The van der Waals surface area contributed by atoms with Gasteiger partial charge in [-0.1, -0.05) is 23.7 Å². The van der Waals surface area contributed by atoms with Crippen molar-refractivity contribution in [3.8, 4) is 0 Å². The van der Waals surface area contributed by atoms with Gasteiger partial charge in [-0.05, 0) is 48.8 Å². The summed E-state index contributed by atoms with van der Waals surface area (Å²) in [4.78, 5) is 0. The van der Waals surface area contributed by atoms with Crippen molar-refractivity contribution >= 4 is 17.2 Å². The van der Waals surface area contributed by atoms with Gasteiger partial charge in [0, 0.05) is 23.3 Å². The van der Waals surface area contributed by atoms with Crippen molar-refractivity contribution in [3.05, 3.63) is 64.7 Å². The number of nitrogens with one attached hydrogen (secondary N) is 1. The van der Waals surface area contributed by atoms with E-state index in [9.17, 15) is 4.39 Å². The third kappa shape index (κ3) is 2.65. The lowest BCUT2D eigenvalue weighted by molar-refractivity contribution is 0.332. The lowest BCUT2D eigenvalue weighted by Gasteiger charge is -2.22. The Labute approximate surface area is 123 Å². The molecule has 20 heavy (non-hydrogen) atoms. The lowest BCUT2D eigenvalue weighted by atomic mass is 10.0. The average Bonchev–Trinajstić information content (AvgIpc) is 2.82. The molecule has 0 bridgehead atoms. The number of rotatable bonds is 2. The van der Waals surface area contributed by atoms with Gasteiger partial charge in [0.25, 0.3) is 0 Å².